The molecule has 0 bridgehead atoms. The van der Waals surface area contributed by atoms with Crippen molar-refractivity contribution >= 4 is 23.6 Å². The summed E-state index contributed by atoms with van der Waals surface area (Å²) in [5, 5.41) is 2.56. The van der Waals surface area contributed by atoms with Gasteiger partial charge < -0.3 is 24.4 Å². The van der Waals surface area contributed by atoms with Gasteiger partial charge in [0, 0.05) is 20.0 Å². The van der Waals surface area contributed by atoms with Crippen LogP contribution in [0.1, 0.15) is 17.9 Å². The molecule has 1 atom stereocenters. The fourth-order valence-corrected chi connectivity index (χ4v) is 3.77. The maximum absolute atomic E-state index is 12.2. The van der Waals surface area contributed by atoms with Crippen molar-refractivity contribution in [3.63, 3.8) is 0 Å². The molecule has 1 saturated heterocycles. The van der Waals surface area contributed by atoms with E-state index in [0.29, 0.717) is 36.1 Å². The zero-order chi connectivity index (χ0) is 17.7. The third kappa shape index (κ3) is 3.87. The zero-order valence-electron chi connectivity index (χ0n) is 14.3. The van der Waals surface area contributed by atoms with Gasteiger partial charge in [0.25, 0.3) is 0 Å². The Morgan fingerprint density at radius 1 is 1.25 bits per heavy atom. The number of ether oxygens (including phenoxy) is 3. The molecule has 1 aliphatic heterocycles. The number of nitrogens with zero attached hydrogens (tertiary/aromatic N) is 1. The Morgan fingerprint density at radius 2 is 1.88 bits per heavy atom. The molecule has 0 radical (unpaired) electrons. The van der Waals surface area contributed by atoms with Gasteiger partial charge in [-0.15, -0.1) is 11.8 Å². The summed E-state index contributed by atoms with van der Waals surface area (Å²) in [6.07, 6.45) is 0. The molecule has 2 amide bonds. The van der Waals surface area contributed by atoms with Gasteiger partial charge in [-0.25, -0.2) is 0 Å². The van der Waals surface area contributed by atoms with E-state index in [1.165, 1.54) is 18.7 Å². The molecule has 1 fully saturated rings. The summed E-state index contributed by atoms with van der Waals surface area (Å²) in [7, 11) is 4.67. The number of methoxy groups -OCH3 is 3. The Hall–Kier alpha value is -2.09. The molecule has 132 valence electrons. The topological polar surface area (TPSA) is 77.1 Å². The van der Waals surface area contributed by atoms with Gasteiger partial charge in [-0.05, 0) is 17.7 Å². The van der Waals surface area contributed by atoms with Crippen LogP contribution in [0.2, 0.25) is 0 Å². The van der Waals surface area contributed by atoms with Crippen molar-refractivity contribution in [2.24, 2.45) is 0 Å². The van der Waals surface area contributed by atoms with Crippen LogP contribution in [0.3, 0.4) is 0 Å². The molecular weight excluding hydrogens is 332 g/mol. The molecule has 1 heterocycles. The van der Waals surface area contributed by atoms with E-state index >= 15 is 0 Å². The Bertz CT molecular complexity index is 597. The number of carbonyl (C=O) groups excluding carboxylic acids is 2. The highest BCUT2D eigenvalue weighted by atomic mass is 32.2. The molecule has 0 aromatic heterocycles. The standard InChI is InChI=1S/C16H22N2O5S/c1-10(19)17-5-6-18-14(20)9-24-16(18)11-7-12(21-2)15(23-4)13(8-11)22-3/h7-8,16H,5-6,9H2,1-4H3,(H,17,19). The predicted octanol–water partition coefficient (Wildman–Crippen LogP) is 1.42. The van der Waals surface area contributed by atoms with Gasteiger partial charge >= 0.3 is 0 Å². The van der Waals surface area contributed by atoms with E-state index in [1.54, 1.807) is 26.2 Å². The molecule has 1 unspecified atom stereocenters. The molecule has 0 aliphatic carbocycles. The first-order valence-electron chi connectivity index (χ1n) is 7.47. The van der Waals surface area contributed by atoms with Gasteiger partial charge in [-0.2, -0.15) is 0 Å². The minimum absolute atomic E-state index is 0.0455. The van der Waals surface area contributed by atoms with Crippen molar-refractivity contribution in [1.29, 1.82) is 0 Å². The highest BCUT2D eigenvalue weighted by molar-refractivity contribution is 8.00. The number of carbonyl (C=O) groups is 2. The highest BCUT2D eigenvalue weighted by Gasteiger charge is 2.33. The van der Waals surface area contributed by atoms with E-state index in [0.717, 1.165) is 5.56 Å². The van der Waals surface area contributed by atoms with Crippen LogP contribution in [-0.2, 0) is 9.59 Å². The van der Waals surface area contributed by atoms with Crippen molar-refractivity contribution in [3.8, 4) is 17.2 Å². The maximum Gasteiger partial charge on any atom is 0.233 e. The van der Waals surface area contributed by atoms with E-state index in [2.05, 4.69) is 5.32 Å². The molecule has 1 aliphatic rings. The van der Waals surface area contributed by atoms with Gasteiger partial charge in [0.15, 0.2) is 11.5 Å². The van der Waals surface area contributed by atoms with Crippen molar-refractivity contribution in [1.82, 2.24) is 10.2 Å². The normalized spacial score (nSPS) is 16.9. The van der Waals surface area contributed by atoms with Crippen LogP contribution in [0.25, 0.3) is 0 Å². The van der Waals surface area contributed by atoms with Crippen LogP contribution >= 0.6 is 11.8 Å². The highest BCUT2D eigenvalue weighted by Crippen LogP contribution is 2.45. The van der Waals surface area contributed by atoms with E-state index in [4.69, 9.17) is 14.2 Å². The lowest BCUT2D eigenvalue weighted by Gasteiger charge is -2.25. The van der Waals surface area contributed by atoms with Crippen LogP contribution < -0.4 is 19.5 Å². The average Bonchev–Trinajstić information content (AvgIpc) is 2.94. The summed E-state index contributed by atoms with van der Waals surface area (Å²) < 4.78 is 16.1. The number of amides is 2. The fourth-order valence-electron chi connectivity index (χ4n) is 2.57. The van der Waals surface area contributed by atoms with Gasteiger partial charge in [-0.3, -0.25) is 9.59 Å². The second-order valence-corrected chi connectivity index (χ2v) is 6.26. The van der Waals surface area contributed by atoms with Gasteiger partial charge in [0.05, 0.1) is 27.1 Å². The minimum Gasteiger partial charge on any atom is -0.493 e. The lowest BCUT2D eigenvalue weighted by molar-refractivity contribution is -0.128. The van der Waals surface area contributed by atoms with Crippen molar-refractivity contribution in [2.45, 2.75) is 12.3 Å². The fraction of sp³-hybridized carbons (Fsp3) is 0.500. The number of nitrogens with one attached hydrogen (secondary N) is 1. The molecule has 7 nitrogen and oxygen atoms in total. The van der Waals surface area contributed by atoms with Crippen LogP contribution in [0, 0.1) is 0 Å². The number of thioether (sulfide) groups is 1. The van der Waals surface area contributed by atoms with Gasteiger partial charge in [0.1, 0.15) is 5.37 Å². The average molecular weight is 354 g/mol. The summed E-state index contributed by atoms with van der Waals surface area (Å²) in [6.45, 7) is 2.33. The van der Waals surface area contributed by atoms with E-state index in [1.807, 2.05) is 12.1 Å². The second-order valence-electron chi connectivity index (χ2n) is 5.19. The van der Waals surface area contributed by atoms with E-state index in [9.17, 15) is 9.59 Å². The minimum atomic E-state index is -0.153. The summed E-state index contributed by atoms with van der Waals surface area (Å²) in [4.78, 5) is 24.9. The molecule has 1 N–H and O–H groups in total. The van der Waals surface area contributed by atoms with Crippen LogP contribution in [0.5, 0.6) is 17.2 Å². The summed E-state index contributed by atoms with van der Waals surface area (Å²) in [5.74, 6) is 1.95. The Kier molecular flexibility index (Phi) is 6.19. The second kappa shape index (κ2) is 8.14. The smallest absolute Gasteiger partial charge is 0.233 e. The predicted molar refractivity (Wildman–Crippen MR) is 91.7 cm³/mol. The first-order valence-corrected chi connectivity index (χ1v) is 8.52. The largest absolute Gasteiger partial charge is 0.493 e. The number of hydrogen-bond donors (Lipinski definition) is 1. The van der Waals surface area contributed by atoms with Crippen LogP contribution in [0.15, 0.2) is 12.1 Å². The SMILES string of the molecule is COc1cc(C2SCC(=O)N2CCNC(C)=O)cc(OC)c1OC. The van der Waals surface area contributed by atoms with Gasteiger partial charge in [0.2, 0.25) is 17.6 Å². The molecule has 2 rings (SSSR count). The third-order valence-corrected chi connectivity index (χ3v) is 4.92. The molecule has 0 spiro atoms. The quantitative estimate of drug-likeness (QED) is 0.798. The number of benzene rings is 1. The number of rotatable bonds is 7. The summed E-state index contributed by atoms with van der Waals surface area (Å²) >= 11 is 1.53. The Labute approximate surface area is 145 Å². The zero-order valence-corrected chi connectivity index (χ0v) is 15.1. The maximum atomic E-state index is 12.2. The van der Waals surface area contributed by atoms with Crippen molar-refractivity contribution < 1.29 is 23.8 Å². The molecule has 24 heavy (non-hydrogen) atoms. The van der Waals surface area contributed by atoms with Gasteiger partial charge in [-0.1, -0.05) is 0 Å². The first kappa shape index (κ1) is 18.3. The first-order chi connectivity index (χ1) is 11.5. The van der Waals surface area contributed by atoms with Crippen molar-refractivity contribution in [2.75, 3.05) is 40.2 Å². The van der Waals surface area contributed by atoms with Crippen LogP contribution in [-0.4, -0.2) is 56.9 Å². The lowest BCUT2D eigenvalue weighted by atomic mass is 10.1. The molecule has 1 aromatic carbocycles. The number of hydrogen-bond acceptors (Lipinski definition) is 6. The monoisotopic (exact) mass is 354 g/mol. The Balaban J connectivity index is 2.28. The molecule has 1 aromatic rings. The van der Waals surface area contributed by atoms with E-state index in [-0.39, 0.29) is 17.2 Å². The third-order valence-electron chi connectivity index (χ3n) is 3.67. The molecule has 8 heteroatoms. The Morgan fingerprint density at radius 3 is 2.38 bits per heavy atom. The molecule has 0 saturated carbocycles. The summed E-state index contributed by atoms with van der Waals surface area (Å²) in [6, 6.07) is 3.70. The van der Waals surface area contributed by atoms with E-state index < -0.39 is 0 Å². The molecular formula is C16H22N2O5S. The van der Waals surface area contributed by atoms with Crippen LogP contribution in [0.4, 0.5) is 0 Å². The van der Waals surface area contributed by atoms with Crippen molar-refractivity contribution in [3.05, 3.63) is 17.7 Å². The summed E-state index contributed by atoms with van der Waals surface area (Å²) in [5.41, 5.74) is 0.892. The lowest BCUT2D eigenvalue weighted by Crippen LogP contribution is -2.36.